The molecule has 5 rings (SSSR count). The number of rotatable bonds is 6. The largest absolute Gasteiger partial charge is 0.455 e. The number of aliphatic hydroxyl groups is 2. The van der Waals surface area contributed by atoms with Crippen molar-refractivity contribution in [1.82, 2.24) is 0 Å². The summed E-state index contributed by atoms with van der Waals surface area (Å²) in [6, 6.07) is 0. The molecule has 1 saturated heterocycles. The summed E-state index contributed by atoms with van der Waals surface area (Å²) >= 11 is 0. The number of hydrogen-bond donors (Lipinski definition) is 2. The second kappa shape index (κ2) is 8.05. The standard InChI is InChI=1S/C29H46O5/c1-17(2)8-7-9-18(3)21-10-11-22-23-14-24(33-19(4)30)28(32)15-20(31)12-13-27(28,6)29(23)25(34-29)16-26(21,22)5/h14,17-18,20-22,24-25,31-32H,7-13,15-16H2,1-6H3/t18?,20-,21+,22-,24-,25-,26+,27-,28-,29-/m0/s1. The van der Waals surface area contributed by atoms with Crippen LogP contribution >= 0.6 is 0 Å². The Labute approximate surface area is 205 Å². The summed E-state index contributed by atoms with van der Waals surface area (Å²) in [7, 11) is 0. The zero-order chi connectivity index (χ0) is 24.7. The van der Waals surface area contributed by atoms with Gasteiger partial charge in [0.05, 0.1) is 12.2 Å². The van der Waals surface area contributed by atoms with Crippen LogP contribution in [0.5, 0.6) is 0 Å². The normalized spacial score (nSPS) is 49.9. The second-order valence-electron chi connectivity index (χ2n) is 13.4. The minimum atomic E-state index is -1.32. The number of carbonyl (C=O) groups is 1. The molecule has 1 unspecified atom stereocenters. The number of esters is 1. The monoisotopic (exact) mass is 474 g/mol. The van der Waals surface area contributed by atoms with Gasteiger partial charge in [-0.25, -0.2) is 0 Å². The van der Waals surface area contributed by atoms with Crippen LogP contribution in [0, 0.1) is 34.5 Å². The molecule has 0 aromatic heterocycles. The highest BCUT2D eigenvalue weighted by molar-refractivity contribution is 5.67. The summed E-state index contributed by atoms with van der Waals surface area (Å²) < 4.78 is 12.5. The van der Waals surface area contributed by atoms with Crippen LogP contribution < -0.4 is 0 Å². The Morgan fingerprint density at radius 3 is 2.59 bits per heavy atom. The fourth-order valence-electron chi connectivity index (χ4n) is 9.29. The molecule has 5 nitrogen and oxygen atoms in total. The van der Waals surface area contributed by atoms with E-state index in [9.17, 15) is 15.0 Å². The first-order valence-electron chi connectivity index (χ1n) is 13.9. The molecule has 4 fully saturated rings. The van der Waals surface area contributed by atoms with Crippen molar-refractivity contribution in [1.29, 1.82) is 0 Å². The lowest BCUT2D eigenvalue weighted by atomic mass is 9.45. The van der Waals surface area contributed by atoms with Crippen LogP contribution in [0.15, 0.2) is 11.6 Å². The Balaban J connectivity index is 1.50. The topological polar surface area (TPSA) is 79.3 Å². The average molecular weight is 475 g/mol. The van der Waals surface area contributed by atoms with Crippen molar-refractivity contribution in [2.75, 3.05) is 0 Å². The van der Waals surface area contributed by atoms with Crippen molar-refractivity contribution in [3.63, 3.8) is 0 Å². The van der Waals surface area contributed by atoms with Gasteiger partial charge in [-0.1, -0.05) is 53.9 Å². The summed E-state index contributed by atoms with van der Waals surface area (Å²) in [5, 5.41) is 22.6. The fraction of sp³-hybridized carbons (Fsp3) is 0.897. The van der Waals surface area contributed by atoms with Gasteiger partial charge in [0.25, 0.3) is 0 Å². The maximum Gasteiger partial charge on any atom is 0.303 e. The molecule has 0 radical (unpaired) electrons. The van der Waals surface area contributed by atoms with Gasteiger partial charge in [0.15, 0.2) is 0 Å². The van der Waals surface area contributed by atoms with Crippen LogP contribution in [-0.2, 0) is 14.3 Å². The van der Waals surface area contributed by atoms with E-state index in [1.54, 1.807) is 0 Å². The van der Waals surface area contributed by atoms with Crippen molar-refractivity contribution in [3.8, 4) is 0 Å². The Hall–Kier alpha value is -0.910. The van der Waals surface area contributed by atoms with Crippen LogP contribution in [0.4, 0.5) is 0 Å². The minimum Gasteiger partial charge on any atom is -0.455 e. The van der Waals surface area contributed by atoms with Crippen molar-refractivity contribution >= 4 is 5.97 Å². The molecule has 34 heavy (non-hydrogen) atoms. The minimum absolute atomic E-state index is 0.105. The molecule has 1 heterocycles. The van der Waals surface area contributed by atoms with Gasteiger partial charge >= 0.3 is 5.97 Å². The van der Waals surface area contributed by atoms with Crippen LogP contribution in [0.25, 0.3) is 0 Å². The molecule has 1 spiro atoms. The van der Waals surface area contributed by atoms with E-state index < -0.39 is 28.8 Å². The van der Waals surface area contributed by atoms with Gasteiger partial charge in [0, 0.05) is 18.8 Å². The predicted molar refractivity (Wildman–Crippen MR) is 131 cm³/mol. The Bertz CT molecular complexity index is 867. The molecule has 2 N–H and O–H groups in total. The highest BCUT2D eigenvalue weighted by Gasteiger charge is 2.82. The molecule has 0 bridgehead atoms. The van der Waals surface area contributed by atoms with E-state index in [1.165, 1.54) is 38.2 Å². The van der Waals surface area contributed by atoms with Crippen molar-refractivity contribution in [3.05, 3.63) is 11.6 Å². The second-order valence-corrected chi connectivity index (χ2v) is 13.4. The maximum absolute atomic E-state index is 12.1. The first-order valence-corrected chi connectivity index (χ1v) is 13.9. The van der Waals surface area contributed by atoms with Crippen molar-refractivity contribution in [2.45, 2.75) is 129 Å². The third kappa shape index (κ3) is 3.25. The number of aliphatic hydroxyl groups excluding tert-OH is 1. The summed E-state index contributed by atoms with van der Waals surface area (Å²) in [6.07, 6.45) is 9.69. The molecular weight excluding hydrogens is 428 g/mol. The first kappa shape index (κ1) is 24.8. The Kier molecular flexibility index (Phi) is 5.86. The number of ether oxygens (including phenoxy) is 2. The molecular formula is C29H46O5. The van der Waals surface area contributed by atoms with Crippen LogP contribution in [0.2, 0.25) is 0 Å². The van der Waals surface area contributed by atoms with E-state index in [4.69, 9.17) is 9.47 Å². The lowest BCUT2D eigenvalue weighted by Gasteiger charge is -2.60. The fourth-order valence-corrected chi connectivity index (χ4v) is 9.29. The van der Waals surface area contributed by atoms with E-state index in [2.05, 4.69) is 40.7 Å². The summed E-state index contributed by atoms with van der Waals surface area (Å²) in [4.78, 5) is 12.1. The van der Waals surface area contributed by atoms with Gasteiger partial charge in [0.2, 0.25) is 0 Å². The van der Waals surface area contributed by atoms with E-state index in [1.807, 2.05) is 0 Å². The lowest BCUT2D eigenvalue weighted by Crippen LogP contribution is -2.70. The van der Waals surface area contributed by atoms with Gasteiger partial charge in [-0.3, -0.25) is 4.79 Å². The van der Waals surface area contributed by atoms with E-state index in [0.29, 0.717) is 30.6 Å². The molecule has 1 aliphatic heterocycles. The van der Waals surface area contributed by atoms with Gasteiger partial charge in [-0.05, 0) is 72.8 Å². The smallest absolute Gasteiger partial charge is 0.303 e. The molecule has 4 aliphatic carbocycles. The molecule has 192 valence electrons. The number of hydrogen-bond acceptors (Lipinski definition) is 5. The quantitative estimate of drug-likeness (QED) is 0.315. The summed E-state index contributed by atoms with van der Waals surface area (Å²) in [5.74, 6) is 2.12. The zero-order valence-electron chi connectivity index (χ0n) is 22.1. The Morgan fingerprint density at radius 1 is 1.18 bits per heavy atom. The molecule has 5 heteroatoms. The summed E-state index contributed by atoms with van der Waals surface area (Å²) in [6.45, 7) is 13.1. The maximum atomic E-state index is 12.1. The first-order chi connectivity index (χ1) is 15.9. The Morgan fingerprint density at radius 2 is 1.91 bits per heavy atom. The molecule has 0 amide bonds. The molecule has 0 aromatic carbocycles. The van der Waals surface area contributed by atoms with E-state index in [0.717, 1.165) is 18.8 Å². The average Bonchev–Trinajstić information content (AvgIpc) is 3.35. The van der Waals surface area contributed by atoms with Crippen LogP contribution in [-0.4, -0.2) is 45.7 Å². The number of fused-ring (bicyclic) bond motifs is 3. The van der Waals surface area contributed by atoms with Gasteiger partial charge in [-0.2, -0.15) is 0 Å². The third-order valence-corrected chi connectivity index (χ3v) is 11.1. The van der Waals surface area contributed by atoms with Crippen molar-refractivity contribution < 1.29 is 24.5 Å². The van der Waals surface area contributed by atoms with E-state index in [-0.39, 0.29) is 23.9 Å². The third-order valence-electron chi connectivity index (χ3n) is 11.1. The molecule has 3 saturated carbocycles. The number of carbonyl (C=O) groups excluding carboxylic acids is 1. The lowest BCUT2D eigenvalue weighted by molar-refractivity contribution is -0.221. The SMILES string of the molecule is CC(=O)O[C@H]1C=C2[C@@H]3CC[C@H](C(C)CCCC(C)C)[C@@]3(C)C[C@@H]3O[C@@]23[C@@]2(C)CC[C@H](O)C[C@]12O. The molecule has 0 aromatic rings. The van der Waals surface area contributed by atoms with E-state index >= 15 is 0 Å². The van der Waals surface area contributed by atoms with Crippen LogP contribution in [0.1, 0.15) is 99.3 Å². The van der Waals surface area contributed by atoms with Gasteiger partial charge in [-0.15, -0.1) is 0 Å². The van der Waals surface area contributed by atoms with Gasteiger partial charge < -0.3 is 19.7 Å². The zero-order valence-corrected chi connectivity index (χ0v) is 22.1. The van der Waals surface area contributed by atoms with Crippen molar-refractivity contribution in [2.24, 2.45) is 34.5 Å². The summed E-state index contributed by atoms with van der Waals surface area (Å²) in [5.41, 5.74) is -0.897. The highest BCUT2D eigenvalue weighted by Crippen LogP contribution is 2.76. The predicted octanol–water partition coefficient (Wildman–Crippen LogP) is 5.18. The number of epoxide rings is 1. The molecule has 10 atom stereocenters. The highest BCUT2D eigenvalue weighted by atomic mass is 16.6. The molecule has 5 aliphatic rings. The van der Waals surface area contributed by atoms with Gasteiger partial charge in [0.1, 0.15) is 17.3 Å². The van der Waals surface area contributed by atoms with Crippen LogP contribution in [0.3, 0.4) is 0 Å².